The van der Waals surface area contributed by atoms with Gasteiger partial charge in [0.2, 0.25) is 0 Å². The summed E-state index contributed by atoms with van der Waals surface area (Å²) >= 11 is 0. The summed E-state index contributed by atoms with van der Waals surface area (Å²) in [5, 5.41) is 7.51. The van der Waals surface area contributed by atoms with Gasteiger partial charge in [0.25, 0.3) is 0 Å². The molecule has 10 heavy (non-hydrogen) atoms. The number of nitriles is 1. The van der Waals surface area contributed by atoms with Crippen molar-refractivity contribution < 1.29 is 4.79 Å². The van der Waals surface area contributed by atoms with E-state index in [9.17, 15) is 4.79 Å². The van der Waals surface area contributed by atoms with Gasteiger partial charge in [-0.25, -0.2) is 0 Å². The monoisotopic (exact) mass is 135 g/mol. The van der Waals surface area contributed by atoms with Crippen molar-refractivity contribution in [2.45, 2.75) is 0 Å². The number of rotatable bonds is 2. The van der Waals surface area contributed by atoms with Crippen LogP contribution in [0.2, 0.25) is 0 Å². The second-order valence-corrected chi connectivity index (χ2v) is 1.14. The van der Waals surface area contributed by atoms with Crippen LogP contribution in [0, 0.1) is 11.3 Å². The Balaban J connectivity index is 0. The van der Waals surface area contributed by atoms with Gasteiger partial charge >= 0.3 is 0 Å². The lowest BCUT2D eigenvalue weighted by molar-refractivity contribution is -0.110. The van der Waals surface area contributed by atoms with E-state index in [0.717, 1.165) is 0 Å². The van der Waals surface area contributed by atoms with E-state index in [-0.39, 0.29) is 5.78 Å². The van der Waals surface area contributed by atoms with Crippen molar-refractivity contribution in [1.29, 1.82) is 5.26 Å². The first-order chi connectivity index (χ1) is 4.72. The summed E-state index contributed by atoms with van der Waals surface area (Å²) in [6.45, 7) is 9.54. The highest BCUT2D eigenvalue weighted by Crippen LogP contribution is 1.68. The van der Waals surface area contributed by atoms with Crippen LogP contribution >= 0.6 is 0 Å². The number of hydrogen-bond donors (Lipinski definition) is 0. The Hall–Kier alpha value is -1.62. The molecule has 0 aromatic rings. The molecule has 0 aromatic heterocycles. The van der Waals surface area contributed by atoms with Crippen molar-refractivity contribution in [2.24, 2.45) is 0 Å². The Labute approximate surface area is 60.8 Å². The number of allylic oxidation sites excluding steroid dienone is 3. The van der Waals surface area contributed by atoms with Crippen LogP contribution in [-0.2, 0) is 4.79 Å². The summed E-state index contributed by atoms with van der Waals surface area (Å²) in [7, 11) is 0. The van der Waals surface area contributed by atoms with Crippen molar-refractivity contribution in [3.05, 3.63) is 38.0 Å². The third-order valence-corrected chi connectivity index (χ3v) is 0.494. The summed E-state index contributed by atoms with van der Waals surface area (Å²) in [6.07, 6.45) is 3.61. The van der Waals surface area contributed by atoms with E-state index in [1.165, 1.54) is 18.2 Å². The Kier molecular flexibility index (Phi) is 11.6. The maximum atomic E-state index is 9.94. The Morgan fingerprint density at radius 3 is 1.60 bits per heavy atom. The highest BCUT2D eigenvalue weighted by molar-refractivity contribution is 5.98. The fourth-order valence-corrected chi connectivity index (χ4v) is 0.0833. The van der Waals surface area contributed by atoms with Crippen LogP contribution in [0.1, 0.15) is 0 Å². The van der Waals surface area contributed by atoms with Crippen molar-refractivity contribution >= 4 is 5.78 Å². The van der Waals surface area contributed by atoms with Crippen LogP contribution < -0.4 is 0 Å². The van der Waals surface area contributed by atoms with Gasteiger partial charge in [-0.1, -0.05) is 19.7 Å². The SMILES string of the molecule is C=CC#N.C=CC(=O)C=C. The minimum Gasteiger partial charge on any atom is -0.290 e. The van der Waals surface area contributed by atoms with Crippen molar-refractivity contribution in [2.75, 3.05) is 0 Å². The zero-order valence-corrected chi connectivity index (χ0v) is 5.71. The molecule has 0 saturated carbocycles. The molecule has 0 radical (unpaired) electrons. The van der Waals surface area contributed by atoms with Gasteiger partial charge in [-0.2, -0.15) is 5.26 Å². The first kappa shape index (κ1) is 11.2. The molecule has 0 aliphatic rings. The van der Waals surface area contributed by atoms with E-state index < -0.39 is 0 Å². The molecule has 2 heteroatoms. The minimum absolute atomic E-state index is 0.130. The standard InChI is InChI=1S/C5H6O.C3H3N/c1-3-5(6)4-2;1-2-3-4/h3-4H,1-2H2;2H,1H2. The number of nitrogens with zero attached hydrogens (tertiary/aromatic N) is 1. The molecule has 0 bridgehead atoms. The normalized spacial score (nSPS) is 5.50. The molecule has 0 N–H and O–H groups in total. The Morgan fingerprint density at radius 1 is 1.30 bits per heavy atom. The maximum absolute atomic E-state index is 9.94. The molecule has 0 fully saturated rings. The van der Waals surface area contributed by atoms with E-state index in [1.807, 2.05) is 0 Å². The molecule has 0 atom stereocenters. The highest BCUT2D eigenvalue weighted by atomic mass is 16.1. The molecule has 0 aromatic carbocycles. The largest absolute Gasteiger partial charge is 0.290 e. The Bertz CT molecular complexity index is 164. The van der Waals surface area contributed by atoms with Gasteiger partial charge in [0.15, 0.2) is 5.78 Å². The quantitative estimate of drug-likeness (QED) is 0.426. The molecule has 0 unspecified atom stereocenters. The molecule has 0 aliphatic carbocycles. The second-order valence-electron chi connectivity index (χ2n) is 1.14. The first-order valence-corrected chi connectivity index (χ1v) is 2.52. The summed E-state index contributed by atoms with van der Waals surface area (Å²) in [5.74, 6) is -0.130. The summed E-state index contributed by atoms with van der Waals surface area (Å²) in [6, 6.07) is 1.69. The predicted octanol–water partition coefficient (Wildman–Crippen LogP) is 1.62. The minimum atomic E-state index is -0.130. The second kappa shape index (κ2) is 10.4. The van der Waals surface area contributed by atoms with Crippen molar-refractivity contribution in [3.63, 3.8) is 0 Å². The van der Waals surface area contributed by atoms with Gasteiger partial charge in [-0.3, -0.25) is 4.79 Å². The van der Waals surface area contributed by atoms with Crippen LogP contribution in [0.3, 0.4) is 0 Å². The topological polar surface area (TPSA) is 40.9 Å². The predicted molar refractivity (Wildman–Crippen MR) is 41.2 cm³/mol. The molecule has 0 amide bonds. The van der Waals surface area contributed by atoms with E-state index >= 15 is 0 Å². The van der Waals surface area contributed by atoms with Gasteiger partial charge in [-0.15, -0.1) is 0 Å². The van der Waals surface area contributed by atoms with Crippen LogP contribution in [0.5, 0.6) is 0 Å². The van der Waals surface area contributed by atoms with E-state index in [2.05, 4.69) is 19.7 Å². The highest BCUT2D eigenvalue weighted by Gasteiger charge is 1.75. The average molecular weight is 135 g/mol. The summed E-state index contributed by atoms with van der Waals surface area (Å²) < 4.78 is 0. The van der Waals surface area contributed by atoms with Crippen LogP contribution in [0.4, 0.5) is 0 Å². The van der Waals surface area contributed by atoms with Crippen LogP contribution in [-0.4, -0.2) is 5.78 Å². The van der Waals surface area contributed by atoms with Crippen molar-refractivity contribution in [3.8, 4) is 6.07 Å². The van der Waals surface area contributed by atoms with E-state index in [0.29, 0.717) is 0 Å². The van der Waals surface area contributed by atoms with E-state index in [1.54, 1.807) is 6.07 Å². The lowest BCUT2D eigenvalue weighted by Gasteiger charge is -1.68. The van der Waals surface area contributed by atoms with E-state index in [4.69, 9.17) is 5.26 Å². The number of carbonyl (C=O) groups excluding carboxylic acids is 1. The maximum Gasteiger partial charge on any atom is 0.177 e. The van der Waals surface area contributed by atoms with Crippen LogP contribution in [0.15, 0.2) is 38.0 Å². The zero-order chi connectivity index (χ0) is 8.41. The number of carbonyl (C=O) groups is 1. The number of ketones is 1. The van der Waals surface area contributed by atoms with Gasteiger partial charge in [0, 0.05) is 6.08 Å². The molecule has 2 nitrogen and oxygen atoms in total. The lowest BCUT2D eigenvalue weighted by Crippen LogP contribution is -1.78. The average Bonchev–Trinajstić information content (AvgIpc) is 2.03. The van der Waals surface area contributed by atoms with Crippen LogP contribution in [0.25, 0.3) is 0 Å². The molecule has 0 saturated heterocycles. The molecule has 0 spiro atoms. The zero-order valence-electron chi connectivity index (χ0n) is 5.71. The fraction of sp³-hybridized carbons (Fsp3) is 0. The fourth-order valence-electron chi connectivity index (χ4n) is 0.0833. The molecular formula is C8H9NO. The third-order valence-electron chi connectivity index (χ3n) is 0.494. The number of hydrogen-bond acceptors (Lipinski definition) is 2. The Morgan fingerprint density at radius 2 is 1.60 bits per heavy atom. The molecular weight excluding hydrogens is 126 g/mol. The lowest BCUT2D eigenvalue weighted by atomic mass is 10.4. The van der Waals surface area contributed by atoms with Gasteiger partial charge in [0.1, 0.15) is 0 Å². The first-order valence-electron chi connectivity index (χ1n) is 2.52. The van der Waals surface area contributed by atoms with Crippen molar-refractivity contribution in [1.82, 2.24) is 0 Å². The molecule has 0 heterocycles. The van der Waals surface area contributed by atoms with Gasteiger partial charge in [-0.05, 0) is 12.2 Å². The molecule has 0 aliphatic heterocycles. The molecule has 0 rings (SSSR count). The summed E-state index contributed by atoms with van der Waals surface area (Å²) in [5.41, 5.74) is 0. The van der Waals surface area contributed by atoms with Gasteiger partial charge in [0.05, 0.1) is 6.07 Å². The summed E-state index contributed by atoms with van der Waals surface area (Å²) in [4.78, 5) is 9.94. The smallest absolute Gasteiger partial charge is 0.177 e. The third kappa shape index (κ3) is 16.2. The van der Waals surface area contributed by atoms with Gasteiger partial charge < -0.3 is 0 Å². The molecule has 52 valence electrons.